The largest absolute Gasteiger partial charge is 0.494 e. The molecule has 0 radical (unpaired) electrons. The zero-order chi connectivity index (χ0) is 20.6. The standard InChI is InChI=1S/C20H19ClN4O4/c1-2-28-16-9-5-14(6-10-16)18(26)22-11-12-23-19(27)20-24-17(25-29-20)13-3-7-15(21)8-4-13/h3-10H,2,11-12H2,1H3,(H,22,26)(H,23,27). The van der Waals surface area contributed by atoms with Gasteiger partial charge in [-0.1, -0.05) is 16.8 Å². The number of aromatic nitrogens is 2. The van der Waals surface area contributed by atoms with Crippen molar-refractivity contribution in [3.05, 3.63) is 65.0 Å². The molecule has 0 spiro atoms. The zero-order valence-corrected chi connectivity index (χ0v) is 16.4. The van der Waals surface area contributed by atoms with Crippen LogP contribution < -0.4 is 15.4 Å². The van der Waals surface area contributed by atoms with Crippen molar-refractivity contribution in [3.8, 4) is 17.1 Å². The number of halogens is 1. The molecular formula is C20H19ClN4O4. The monoisotopic (exact) mass is 414 g/mol. The number of benzene rings is 2. The van der Waals surface area contributed by atoms with Crippen LogP contribution in [0.1, 0.15) is 28.0 Å². The lowest BCUT2D eigenvalue weighted by Gasteiger charge is -2.07. The molecule has 29 heavy (non-hydrogen) atoms. The molecule has 0 saturated carbocycles. The van der Waals surface area contributed by atoms with Crippen LogP contribution in [0.3, 0.4) is 0 Å². The second-order valence-corrected chi connectivity index (χ2v) is 6.34. The van der Waals surface area contributed by atoms with Gasteiger partial charge >= 0.3 is 11.8 Å². The number of carbonyl (C=O) groups excluding carboxylic acids is 2. The van der Waals surface area contributed by atoms with Gasteiger partial charge in [0, 0.05) is 29.2 Å². The summed E-state index contributed by atoms with van der Waals surface area (Å²) in [6.45, 7) is 2.91. The van der Waals surface area contributed by atoms with Gasteiger partial charge in [-0.15, -0.1) is 0 Å². The molecule has 0 aliphatic rings. The van der Waals surface area contributed by atoms with Crippen LogP contribution in [0.2, 0.25) is 5.02 Å². The number of hydrogen-bond donors (Lipinski definition) is 2. The molecule has 150 valence electrons. The van der Waals surface area contributed by atoms with Crippen molar-refractivity contribution < 1.29 is 18.8 Å². The van der Waals surface area contributed by atoms with Crippen LogP contribution in [0.4, 0.5) is 0 Å². The first-order chi connectivity index (χ1) is 14.1. The quantitative estimate of drug-likeness (QED) is 0.549. The van der Waals surface area contributed by atoms with E-state index in [9.17, 15) is 9.59 Å². The molecule has 0 bridgehead atoms. The van der Waals surface area contributed by atoms with E-state index in [0.29, 0.717) is 28.5 Å². The summed E-state index contributed by atoms with van der Waals surface area (Å²) in [5, 5.41) is 9.70. The maximum Gasteiger partial charge on any atom is 0.316 e. The van der Waals surface area contributed by atoms with E-state index in [4.69, 9.17) is 20.9 Å². The molecule has 8 nitrogen and oxygen atoms in total. The number of ether oxygens (including phenoxy) is 1. The Bertz CT molecular complexity index is 971. The average molecular weight is 415 g/mol. The number of nitrogens with one attached hydrogen (secondary N) is 2. The predicted molar refractivity (Wildman–Crippen MR) is 107 cm³/mol. The highest BCUT2D eigenvalue weighted by molar-refractivity contribution is 6.30. The summed E-state index contributed by atoms with van der Waals surface area (Å²) in [5.41, 5.74) is 1.18. The van der Waals surface area contributed by atoms with Gasteiger partial charge in [0.1, 0.15) is 5.75 Å². The number of nitrogens with zero attached hydrogens (tertiary/aromatic N) is 2. The molecule has 2 aromatic carbocycles. The molecule has 2 N–H and O–H groups in total. The topological polar surface area (TPSA) is 106 Å². The Morgan fingerprint density at radius 1 is 1.00 bits per heavy atom. The minimum atomic E-state index is -0.520. The maximum absolute atomic E-state index is 12.1. The normalized spacial score (nSPS) is 10.4. The third-order valence-electron chi connectivity index (χ3n) is 3.85. The summed E-state index contributed by atoms with van der Waals surface area (Å²) in [5.74, 6) is 0.0652. The molecule has 1 aromatic heterocycles. The van der Waals surface area contributed by atoms with E-state index in [1.54, 1.807) is 48.5 Å². The number of rotatable bonds is 8. The minimum Gasteiger partial charge on any atom is -0.494 e. The van der Waals surface area contributed by atoms with Gasteiger partial charge in [-0.05, 0) is 55.5 Å². The van der Waals surface area contributed by atoms with Crippen LogP contribution in [0.5, 0.6) is 5.75 Å². The lowest BCUT2D eigenvalue weighted by Crippen LogP contribution is -2.34. The van der Waals surface area contributed by atoms with Gasteiger partial charge in [-0.2, -0.15) is 4.98 Å². The maximum atomic E-state index is 12.1. The second kappa shape index (κ2) is 9.70. The minimum absolute atomic E-state index is 0.159. The van der Waals surface area contributed by atoms with Crippen LogP contribution >= 0.6 is 11.6 Å². The van der Waals surface area contributed by atoms with Crippen molar-refractivity contribution in [2.24, 2.45) is 0 Å². The third-order valence-corrected chi connectivity index (χ3v) is 4.10. The van der Waals surface area contributed by atoms with Gasteiger partial charge in [0.05, 0.1) is 6.61 Å². The van der Waals surface area contributed by atoms with Crippen molar-refractivity contribution in [2.45, 2.75) is 6.92 Å². The highest BCUT2D eigenvalue weighted by atomic mass is 35.5. The summed E-state index contributed by atoms with van der Waals surface area (Å²) in [7, 11) is 0. The van der Waals surface area contributed by atoms with Gasteiger partial charge < -0.3 is 19.9 Å². The van der Waals surface area contributed by atoms with Crippen molar-refractivity contribution in [2.75, 3.05) is 19.7 Å². The number of amides is 2. The Balaban J connectivity index is 1.45. The van der Waals surface area contributed by atoms with E-state index in [0.717, 1.165) is 0 Å². The molecule has 0 saturated heterocycles. The second-order valence-electron chi connectivity index (χ2n) is 5.90. The SMILES string of the molecule is CCOc1ccc(C(=O)NCCNC(=O)c2nc(-c3ccc(Cl)cc3)no2)cc1. The number of hydrogen-bond acceptors (Lipinski definition) is 6. The Labute approximate surface area is 172 Å². The molecule has 1 heterocycles. The van der Waals surface area contributed by atoms with E-state index in [-0.39, 0.29) is 30.7 Å². The van der Waals surface area contributed by atoms with Gasteiger partial charge in [-0.25, -0.2) is 0 Å². The molecule has 0 atom stereocenters. The van der Waals surface area contributed by atoms with E-state index in [2.05, 4.69) is 20.8 Å². The fraction of sp³-hybridized carbons (Fsp3) is 0.200. The summed E-state index contributed by atoms with van der Waals surface area (Å²) < 4.78 is 10.3. The highest BCUT2D eigenvalue weighted by Crippen LogP contribution is 2.18. The molecular weight excluding hydrogens is 396 g/mol. The van der Waals surface area contributed by atoms with Gasteiger partial charge in [0.2, 0.25) is 5.82 Å². The lowest BCUT2D eigenvalue weighted by atomic mass is 10.2. The Morgan fingerprint density at radius 2 is 1.66 bits per heavy atom. The van der Waals surface area contributed by atoms with E-state index >= 15 is 0 Å². The first-order valence-corrected chi connectivity index (χ1v) is 9.33. The molecule has 9 heteroatoms. The molecule has 3 aromatic rings. The van der Waals surface area contributed by atoms with Crippen molar-refractivity contribution >= 4 is 23.4 Å². The smallest absolute Gasteiger partial charge is 0.316 e. The Morgan fingerprint density at radius 3 is 2.31 bits per heavy atom. The fourth-order valence-electron chi connectivity index (χ4n) is 2.43. The molecule has 0 aliphatic carbocycles. The summed E-state index contributed by atoms with van der Waals surface area (Å²) in [6, 6.07) is 13.7. The highest BCUT2D eigenvalue weighted by Gasteiger charge is 2.15. The first-order valence-electron chi connectivity index (χ1n) is 8.95. The van der Waals surface area contributed by atoms with Crippen LogP contribution in [0.25, 0.3) is 11.4 Å². The van der Waals surface area contributed by atoms with Crippen molar-refractivity contribution in [1.82, 2.24) is 20.8 Å². The molecule has 2 amide bonds. The van der Waals surface area contributed by atoms with Crippen LogP contribution in [0, 0.1) is 0 Å². The van der Waals surface area contributed by atoms with Crippen LogP contribution in [0.15, 0.2) is 53.1 Å². The molecule has 3 rings (SSSR count). The summed E-state index contributed by atoms with van der Waals surface area (Å²) >= 11 is 5.84. The van der Waals surface area contributed by atoms with E-state index in [1.807, 2.05) is 6.92 Å². The van der Waals surface area contributed by atoms with E-state index < -0.39 is 5.91 Å². The third kappa shape index (κ3) is 5.55. The molecule has 0 aliphatic heterocycles. The Hall–Kier alpha value is -3.39. The molecule has 0 unspecified atom stereocenters. The van der Waals surface area contributed by atoms with Gasteiger partial charge in [0.15, 0.2) is 0 Å². The van der Waals surface area contributed by atoms with Gasteiger partial charge in [-0.3, -0.25) is 9.59 Å². The predicted octanol–water partition coefficient (Wildman–Crippen LogP) is 2.95. The summed E-state index contributed by atoms with van der Waals surface area (Å²) in [4.78, 5) is 28.3. The van der Waals surface area contributed by atoms with Crippen LogP contribution in [-0.4, -0.2) is 41.7 Å². The van der Waals surface area contributed by atoms with Crippen molar-refractivity contribution in [1.29, 1.82) is 0 Å². The zero-order valence-electron chi connectivity index (χ0n) is 15.6. The van der Waals surface area contributed by atoms with Crippen LogP contribution in [-0.2, 0) is 0 Å². The molecule has 0 fully saturated rings. The van der Waals surface area contributed by atoms with Gasteiger partial charge in [0.25, 0.3) is 5.91 Å². The Kier molecular flexibility index (Phi) is 6.80. The average Bonchev–Trinajstić information content (AvgIpc) is 3.22. The van der Waals surface area contributed by atoms with Crippen molar-refractivity contribution in [3.63, 3.8) is 0 Å². The first kappa shape index (κ1) is 20.3. The number of carbonyl (C=O) groups is 2. The van der Waals surface area contributed by atoms with E-state index in [1.165, 1.54) is 0 Å². The fourth-order valence-corrected chi connectivity index (χ4v) is 2.56. The summed E-state index contributed by atoms with van der Waals surface area (Å²) in [6.07, 6.45) is 0. The lowest BCUT2D eigenvalue weighted by molar-refractivity contribution is 0.0898.